The molecule has 1 aromatic rings. The van der Waals surface area contributed by atoms with E-state index in [1.807, 2.05) is 0 Å². The van der Waals surface area contributed by atoms with Crippen LogP contribution in [0.5, 0.6) is 0 Å². The summed E-state index contributed by atoms with van der Waals surface area (Å²) in [6.45, 7) is 7.19. The van der Waals surface area contributed by atoms with Crippen molar-refractivity contribution in [2.45, 2.75) is 33.6 Å². The second-order valence-electron chi connectivity index (χ2n) is 5.22. The lowest BCUT2D eigenvalue weighted by Crippen LogP contribution is -2.33. The van der Waals surface area contributed by atoms with Gasteiger partial charge in [-0.1, -0.05) is 27.2 Å². The molecular formula is C14H22N2O. The summed E-state index contributed by atoms with van der Waals surface area (Å²) in [5.74, 6) is -0.0332. The second-order valence-corrected chi connectivity index (χ2v) is 5.22. The Balaban J connectivity index is 2.53. The number of amides is 1. The van der Waals surface area contributed by atoms with Crippen molar-refractivity contribution in [3.05, 3.63) is 29.8 Å². The lowest BCUT2D eigenvalue weighted by molar-refractivity contribution is 0.0934. The van der Waals surface area contributed by atoms with Crippen molar-refractivity contribution in [3.8, 4) is 0 Å². The van der Waals surface area contributed by atoms with Crippen LogP contribution >= 0.6 is 0 Å². The molecular weight excluding hydrogens is 212 g/mol. The molecule has 0 aliphatic carbocycles. The molecule has 94 valence electrons. The Morgan fingerprint density at radius 1 is 1.29 bits per heavy atom. The topological polar surface area (TPSA) is 55.1 Å². The van der Waals surface area contributed by atoms with E-state index >= 15 is 0 Å². The first-order valence-corrected chi connectivity index (χ1v) is 6.08. The zero-order valence-corrected chi connectivity index (χ0v) is 10.9. The average Bonchev–Trinajstić information content (AvgIpc) is 2.27. The lowest BCUT2D eigenvalue weighted by atomic mass is 9.88. The number of rotatable bonds is 5. The highest BCUT2D eigenvalue weighted by Crippen LogP contribution is 2.20. The normalized spacial score (nSPS) is 11.2. The van der Waals surface area contributed by atoms with Crippen LogP contribution in [-0.2, 0) is 0 Å². The summed E-state index contributed by atoms with van der Waals surface area (Å²) < 4.78 is 0. The van der Waals surface area contributed by atoms with E-state index in [9.17, 15) is 4.79 Å². The van der Waals surface area contributed by atoms with Crippen molar-refractivity contribution in [1.29, 1.82) is 0 Å². The predicted molar refractivity (Wildman–Crippen MR) is 71.9 cm³/mol. The number of hydrogen-bond acceptors (Lipinski definition) is 2. The fourth-order valence-corrected chi connectivity index (χ4v) is 1.82. The van der Waals surface area contributed by atoms with Crippen molar-refractivity contribution in [1.82, 2.24) is 5.32 Å². The van der Waals surface area contributed by atoms with Gasteiger partial charge in [0, 0.05) is 17.8 Å². The molecule has 0 heterocycles. The highest BCUT2D eigenvalue weighted by Gasteiger charge is 2.17. The van der Waals surface area contributed by atoms with Gasteiger partial charge in [0.15, 0.2) is 0 Å². The maximum absolute atomic E-state index is 11.9. The number of carbonyl (C=O) groups is 1. The van der Waals surface area contributed by atoms with E-state index in [2.05, 4.69) is 26.1 Å². The van der Waals surface area contributed by atoms with Crippen LogP contribution in [0.2, 0.25) is 0 Å². The van der Waals surface area contributed by atoms with Crippen LogP contribution < -0.4 is 11.1 Å². The Hall–Kier alpha value is -1.51. The molecule has 0 saturated carbocycles. The number of nitrogens with one attached hydrogen (secondary N) is 1. The van der Waals surface area contributed by atoms with Gasteiger partial charge in [-0.25, -0.2) is 0 Å². The Labute approximate surface area is 103 Å². The largest absolute Gasteiger partial charge is 0.399 e. The minimum atomic E-state index is -0.0332. The fraction of sp³-hybridized carbons (Fsp3) is 0.500. The summed E-state index contributed by atoms with van der Waals surface area (Å²) in [5, 5.41) is 2.96. The molecule has 3 heteroatoms. The minimum Gasteiger partial charge on any atom is -0.399 e. The van der Waals surface area contributed by atoms with E-state index in [4.69, 9.17) is 5.73 Å². The fourth-order valence-electron chi connectivity index (χ4n) is 1.82. The van der Waals surface area contributed by atoms with Gasteiger partial charge in [0.2, 0.25) is 0 Å². The van der Waals surface area contributed by atoms with Crippen LogP contribution in [0.4, 0.5) is 5.69 Å². The molecule has 17 heavy (non-hydrogen) atoms. The van der Waals surface area contributed by atoms with Crippen molar-refractivity contribution in [2.24, 2.45) is 5.41 Å². The first-order valence-electron chi connectivity index (χ1n) is 6.08. The Bertz CT molecular complexity index is 368. The number of nitrogen functional groups attached to an aromatic ring is 1. The molecule has 0 aliphatic rings. The first kappa shape index (κ1) is 13.6. The van der Waals surface area contributed by atoms with E-state index in [-0.39, 0.29) is 11.3 Å². The molecule has 0 aliphatic heterocycles. The molecule has 0 bridgehead atoms. The van der Waals surface area contributed by atoms with Gasteiger partial charge in [0.25, 0.3) is 5.91 Å². The number of nitrogens with two attached hydrogens (primary N) is 1. The molecule has 0 atom stereocenters. The maximum atomic E-state index is 11.9. The number of anilines is 1. The molecule has 1 rings (SSSR count). The van der Waals surface area contributed by atoms with E-state index in [0.29, 0.717) is 17.8 Å². The summed E-state index contributed by atoms with van der Waals surface area (Å²) in [6.07, 6.45) is 2.24. The van der Waals surface area contributed by atoms with Gasteiger partial charge in [-0.3, -0.25) is 4.79 Å². The monoisotopic (exact) mass is 234 g/mol. The molecule has 3 nitrogen and oxygen atoms in total. The molecule has 0 spiro atoms. The average molecular weight is 234 g/mol. The van der Waals surface area contributed by atoms with Gasteiger partial charge in [-0.2, -0.15) is 0 Å². The minimum absolute atomic E-state index is 0.0332. The Morgan fingerprint density at radius 3 is 2.41 bits per heavy atom. The first-order chi connectivity index (χ1) is 7.94. The third-order valence-electron chi connectivity index (χ3n) is 2.83. The standard InChI is InChI=1S/C14H22N2O/c1-4-9-14(2,3)10-16-13(17)11-5-7-12(15)8-6-11/h5-8H,4,9-10,15H2,1-3H3,(H,16,17). The van der Waals surface area contributed by atoms with Gasteiger partial charge in [0.1, 0.15) is 0 Å². The smallest absolute Gasteiger partial charge is 0.251 e. The molecule has 0 saturated heterocycles. The van der Waals surface area contributed by atoms with Crippen LogP contribution in [-0.4, -0.2) is 12.5 Å². The zero-order valence-electron chi connectivity index (χ0n) is 10.9. The highest BCUT2D eigenvalue weighted by atomic mass is 16.1. The third-order valence-corrected chi connectivity index (χ3v) is 2.83. The van der Waals surface area contributed by atoms with Gasteiger partial charge in [-0.15, -0.1) is 0 Å². The summed E-state index contributed by atoms with van der Waals surface area (Å²) in [4.78, 5) is 11.9. The third kappa shape index (κ3) is 4.47. The lowest BCUT2D eigenvalue weighted by Gasteiger charge is -2.24. The molecule has 0 unspecified atom stereocenters. The maximum Gasteiger partial charge on any atom is 0.251 e. The van der Waals surface area contributed by atoms with E-state index < -0.39 is 0 Å². The molecule has 0 radical (unpaired) electrons. The Kier molecular flexibility index (Phi) is 4.55. The number of hydrogen-bond donors (Lipinski definition) is 2. The van der Waals surface area contributed by atoms with Gasteiger partial charge in [-0.05, 0) is 36.1 Å². The van der Waals surface area contributed by atoms with E-state index in [1.165, 1.54) is 0 Å². The molecule has 1 aromatic carbocycles. The predicted octanol–water partition coefficient (Wildman–Crippen LogP) is 2.82. The van der Waals surface area contributed by atoms with Crippen molar-refractivity contribution in [2.75, 3.05) is 12.3 Å². The van der Waals surface area contributed by atoms with Crippen LogP contribution in [0.25, 0.3) is 0 Å². The van der Waals surface area contributed by atoms with E-state index in [1.54, 1.807) is 24.3 Å². The van der Waals surface area contributed by atoms with Crippen LogP contribution in [0.15, 0.2) is 24.3 Å². The molecule has 0 aromatic heterocycles. The Morgan fingerprint density at radius 2 is 1.88 bits per heavy atom. The van der Waals surface area contributed by atoms with Gasteiger partial charge >= 0.3 is 0 Å². The second kappa shape index (κ2) is 5.71. The summed E-state index contributed by atoms with van der Waals surface area (Å²) >= 11 is 0. The van der Waals surface area contributed by atoms with Crippen molar-refractivity contribution < 1.29 is 4.79 Å². The molecule has 1 amide bonds. The number of benzene rings is 1. The zero-order chi connectivity index (χ0) is 12.9. The molecule has 0 fully saturated rings. The molecule has 3 N–H and O–H groups in total. The van der Waals surface area contributed by atoms with Gasteiger partial charge < -0.3 is 11.1 Å². The number of carbonyl (C=O) groups excluding carboxylic acids is 1. The van der Waals surface area contributed by atoms with Crippen LogP contribution in [0, 0.1) is 5.41 Å². The quantitative estimate of drug-likeness (QED) is 0.770. The van der Waals surface area contributed by atoms with Crippen molar-refractivity contribution in [3.63, 3.8) is 0 Å². The van der Waals surface area contributed by atoms with Crippen molar-refractivity contribution >= 4 is 11.6 Å². The summed E-state index contributed by atoms with van der Waals surface area (Å²) in [7, 11) is 0. The van der Waals surface area contributed by atoms with Crippen LogP contribution in [0.1, 0.15) is 44.0 Å². The van der Waals surface area contributed by atoms with E-state index in [0.717, 1.165) is 12.8 Å². The summed E-state index contributed by atoms with van der Waals surface area (Å²) in [6, 6.07) is 6.98. The van der Waals surface area contributed by atoms with Crippen LogP contribution in [0.3, 0.4) is 0 Å². The SMILES string of the molecule is CCCC(C)(C)CNC(=O)c1ccc(N)cc1. The van der Waals surface area contributed by atoms with Gasteiger partial charge in [0.05, 0.1) is 0 Å². The highest BCUT2D eigenvalue weighted by molar-refractivity contribution is 5.94. The summed E-state index contributed by atoms with van der Waals surface area (Å²) in [5.41, 5.74) is 7.06.